The molecule has 1 heterocycles. The lowest BCUT2D eigenvalue weighted by atomic mass is 10.1. The summed E-state index contributed by atoms with van der Waals surface area (Å²) in [5.41, 5.74) is 0.576. The molecule has 176 valence electrons. The number of hydrogen-bond donors (Lipinski definition) is 2. The summed E-state index contributed by atoms with van der Waals surface area (Å²) in [7, 11) is 3.44. The number of piperidine rings is 1. The Labute approximate surface area is 199 Å². The number of likely N-dealkylation sites (tertiary alicyclic amines) is 1. The van der Waals surface area contributed by atoms with Gasteiger partial charge in [0.1, 0.15) is 5.75 Å². The van der Waals surface area contributed by atoms with Gasteiger partial charge in [-0.2, -0.15) is 0 Å². The summed E-state index contributed by atoms with van der Waals surface area (Å²) in [5, 5.41) is 6.82. The van der Waals surface area contributed by atoms with Crippen molar-refractivity contribution >= 4 is 29.9 Å². The van der Waals surface area contributed by atoms with Crippen LogP contribution in [0.25, 0.3) is 0 Å². The van der Waals surface area contributed by atoms with E-state index in [1.165, 1.54) is 6.07 Å². The molecule has 2 fully saturated rings. The molecule has 1 saturated carbocycles. The molecular weight excluding hydrogens is 524 g/mol. The molecule has 3 rings (SSSR count). The third-order valence-corrected chi connectivity index (χ3v) is 5.63. The van der Waals surface area contributed by atoms with Crippen molar-refractivity contribution < 1.29 is 22.6 Å². The van der Waals surface area contributed by atoms with Gasteiger partial charge in [0, 0.05) is 58.4 Å². The van der Waals surface area contributed by atoms with E-state index in [4.69, 9.17) is 4.74 Å². The molecule has 1 aliphatic heterocycles. The largest absolute Gasteiger partial charge is 0.573 e. The number of benzene rings is 1. The van der Waals surface area contributed by atoms with Crippen molar-refractivity contribution in [3.8, 4) is 5.75 Å². The van der Waals surface area contributed by atoms with Crippen LogP contribution in [0.4, 0.5) is 13.2 Å². The Hall–Kier alpha value is -1.27. The van der Waals surface area contributed by atoms with Gasteiger partial charge in [-0.25, -0.2) is 0 Å². The Morgan fingerprint density at radius 1 is 1.19 bits per heavy atom. The summed E-state index contributed by atoms with van der Waals surface area (Å²) >= 11 is 0. The lowest BCUT2D eigenvalue weighted by Gasteiger charge is -2.33. The number of halogens is 4. The first-order valence-corrected chi connectivity index (χ1v) is 10.5. The fourth-order valence-corrected chi connectivity index (χ4v) is 3.98. The monoisotopic (exact) mass is 556 g/mol. The summed E-state index contributed by atoms with van der Waals surface area (Å²) in [6, 6.07) is 6.74. The first kappa shape index (κ1) is 26.0. The second-order valence-corrected chi connectivity index (χ2v) is 7.86. The number of aliphatic imine (C=N–C) groups is 1. The highest BCUT2D eigenvalue weighted by Gasteiger charge is 2.42. The predicted molar refractivity (Wildman–Crippen MR) is 125 cm³/mol. The molecule has 1 aromatic rings. The summed E-state index contributed by atoms with van der Waals surface area (Å²) in [5.74, 6) is 0.558. The number of para-hydroxylation sites is 1. The van der Waals surface area contributed by atoms with Gasteiger partial charge in [-0.3, -0.25) is 4.99 Å². The fraction of sp³-hybridized carbons (Fsp3) is 0.667. The molecule has 2 unspecified atom stereocenters. The minimum absolute atomic E-state index is 0. The number of rotatable bonds is 8. The summed E-state index contributed by atoms with van der Waals surface area (Å²) in [4.78, 5) is 6.75. The maximum absolute atomic E-state index is 12.7. The number of alkyl halides is 3. The van der Waals surface area contributed by atoms with E-state index in [1.807, 2.05) is 0 Å². The molecule has 1 aromatic carbocycles. The molecule has 31 heavy (non-hydrogen) atoms. The lowest BCUT2D eigenvalue weighted by Crippen LogP contribution is -2.49. The molecule has 0 spiro atoms. The number of nitrogens with zero attached hydrogens (tertiary/aromatic N) is 2. The smallest absolute Gasteiger partial charge is 0.405 e. The Balaban J connectivity index is 0.00000341. The van der Waals surface area contributed by atoms with Crippen molar-refractivity contribution in [2.24, 2.45) is 4.99 Å². The molecule has 2 N–H and O–H groups in total. The van der Waals surface area contributed by atoms with E-state index in [1.54, 1.807) is 32.4 Å². The molecule has 0 radical (unpaired) electrons. The highest BCUT2D eigenvalue weighted by molar-refractivity contribution is 14.0. The molecule has 2 atom stereocenters. The van der Waals surface area contributed by atoms with Gasteiger partial charge in [-0.1, -0.05) is 18.2 Å². The van der Waals surface area contributed by atoms with Crippen molar-refractivity contribution in [3.05, 3.63) is 29.8 Å². The Bertz CT molecular complexity index is 712. The van der Waals surface area contributed by atoms with Gasteiger partial charge >= 0.3 is 6.36 Å². The summed E-state index contributed by atoms with van der Waals surface area (Å²) in [6.45, 7) is 3.91. The number of ether oxygens (including phenoxy) is 2. The molecular formula is C21H32F3IN4O2. The van der Waals surface area contributed by atoms with E-state index in [0.717, 1.165) is 51.9 Å². The second kappa shape index (κ2) is 12.1. The van der Waals surface area contributed by atoms with Crippen LogP contribution in [-0.4, -0.2) is 69.7 Å². The average molecular weight is 556 g/mol. The maximum Gasteiger partial charge on any atom is 0.573 e. The van der Waals surface area contributed by atoms with Crippen LogP contribution >= 0.6 is 24.0 Å². The van der Waals surface area contributed by atoms with Crippen LogP contribution in [0.3, 0.4) is 0 Å². The molecule has 1 saturated heterocycles. The SMILES string of the molecule is CN=C(NC1CCN(CCCOC)CC1)NC1CC1c1ccccc1OC(F)(F)F.I. The Morgan fingerprint density at radius 3 is 2.55 bits per heavy atom. The average Bonchev–Trinajstić information content (AvgIpc) is 3.47. The zero-order valence-corrected chi connectivity index (χ0v) is 20.3. The zero-order valence-electron chi connectivity index (χ0n) is 18.0. The Kier molecular flexibility index (Phi) is 10.1. The molecule has 0 amide bonds. The van der Waals surface area contributed by atoms with E-state index in [2.05, 4.69) is 25.3 Å². The van der Waals surface area contributed by atoms with Crippen LogP contribution in [0.1, 0.15) is 37.2 Å². The van der Waals surface area contributed by atoms with Gasteiger partial charge in [0.25, 0.3) is 0 Å². The van der Waals surface area contributed by atoms with Crippen molar-refractivity contribution in [1.82, 2.24) is 15.5 Å². The number of hydrogen-bond acceptors (Lipinski definition) is 4. The van der Waals surface area contributed by atoms with Crippen molar-refractivity contribution in [1.29, 1.82) is 0 Å². The van der Waals surface area contributed by atoms with Gasteiger partial charge in [0.05, 0.1) is 0 Å². The van der Waals surface area contributed by atoms with Crippen molar-refractivity contribution in [2.45, 2.75) is 50.0 Å². The molecule has 0 aromatic heterocycles. The van der Waals surface area contributed by atoms with Gasteiger partial charge in [0.15, 0.2) is 5.96 Å². The number of methoxy groups -OCH3 is 1. The second-order valence-electron chi connectivity index (χ2n) is 7.86. The molecule has 1 aliphatic carbocycles. The van der Waals surface area contributed by atoms with Gasteiger partial charge in [0.2, 0.25) is 0 Å². The molecule has 2 aliphatic rings. The topological polar surface area (TPSA) is 58.1 Å². The number of nitrogens with one attached hydrogen (secondary N) is 2. The van der Waals surface area contributed by atoms with E-state index in [-0.39, 0.29) is 41.7 Å². The van der Waals surface area contributed by atoms with Crippen molar-refractivity contribution in [3.63, 3.8) is 0 Å². The van der Waals surface area contributed by atoms with Crippen LogP contribution in [0.2, 0.25) is 0 Å². The highest BCUT2D eigenvalue weighted by Crippen LogP contribution is 2.45. The quantitative estimate of drug-likeness (QED) is 0.221. The van der Waals surface area contributed by atoms with Crippen molar-refractivity contribution in [2.75, 3.05) is 40.4 Å². The molecule has 10 heteroatoms. The first-order chi connectivity index (χ1) is 14.4. The van der Waals surface area contributed by atoms with Crippen LogP contribution in [0.5, 0.6) is 5.75 Å². The van der Waals surface area contributed by atoms with Crippen LogP contribution < -0.4 is 15.4 Å². The highest BCUT2D eigenvalue weighted by atomic mass is 127. The van der Waals surface area contributed by atoms with Gasteiger partial charge in [-0.15, -0.1) is 37.1 Å². The normalized spacial score (nSPS) is 22.5. The van der Waals surface area contributed by atoms with E-state index in [0.29, 0.717) is 17.6 Å². The molecule has 6 nitrogen and oxygen atoms in total. The third kappa shape index (κ3) is 8.30. The predicted octanol–water partition coefficient (Wildman–Crippen LogP) is 3.73. The standard InChI is InChI=1S/C21H31F3N4O2.HI/c1-25-20(26-15-8-11-28(12-9-15)10-5-13-29-2)27-18-14-17(18)16-6-3-4-7-19(16)30-21(22,23)24;/h3-4,6-7,15,17-18H,5,8-14H2,1-2H3,(H2,25,26,27);1H. The zero-order chi connectivity index (χ0) is 21.6. The number of guanidine groups is 1. The lowest BCUT2D eigenvalue weighted by molar-refractivity contribution is -0.274. The van der Waals surface area contributed by atoms with E-state index < -0.39 is 6.36 Å². The summed E-state index contributed by atoms with van der Waals surface area (Å²) < 4.78 is 47.3. The fourth-order valence-electron chi connectivity index (χ4n) is 3.98. The minimum Gasteiger partial charge on any atom is -0.405 e. The minimum atomic E-state index is -4.69. The maximum atomic E-state index is 12.7. The van der Waals surface area contributed by atoms with Crippen LogP contribution in [-0.2, 0) is 4.74 Å². The van der Waals surface area contributed by atoms with Gasteiger partial charge in [-0.05, 0) is 37.3 Å². The Morgan fingerprint density at radius 2 is 1.90 bits per heavy atom. The van der Waals surface area contributed by atoms with E-state index in [9.17, 15) is 13.2 Å². The third-order valence-electron chi connectivity index (χ3n) is 5.63. The summed E-state index contributed by atoms with van der Waals surface area (Å²) in [6.07, 6.45) is -0.838. The van der Waals surface area contributed by atoms with Crippen LogP contribution in [0, 0.1) is 0 Å². The van der Waals surface area contributed by atoms with Crippen LogP contribution in [0.15, 0.2) is 29.3 Å². The van der Waals surface area contributed by atoms with Gasteiger partial charge < -0.3 is 25.0 Å². The van der Waals surface area contributed by atoms with E-state index >= 15 is 0 Å². The first-order valence-electron chi connectivity index (χ1n) is 10.5. The molecule has 0 bridgehead atoms.